The van der Waals surface area contributed by atoms with Crippen molar-refractivity contribution in [2.45, 2.75) is 80.2 Å². The molecule has 1 aliphatic rings. The van der Waals surface area contributed by atoms with Crippen LogP contribution in [0.1, 0.15) is 73.3 Å². The summed E-state index contributed by atoms with van der Waals surface area (Å²) in [6, 6.07) is 7.45. The minimum absolute atomic E-state index is 0.0262. The van der Waals surface area contributed by atoms with Crippen LogP contribution >= 0.6 is 0 Å². The Labute approximate surface area is 187 Å². The highest BCUT2D eigenvalue weighted by Gasteiger charge is 2.44. The Bertz CT molecular complexity index is 867. The highest BCUT2D eigenvalue weighted by Crippen LogP contribution is 2.33. The molecule has 5 nitrogen and oxygen atoms in total. The number of hydrogen-bond donors (Lipinski definition) is 1. The smallest absolute Gasteiger partial charge is 0.340 e. The molecule has 3 atom stereocenters. The minimum Gasteiger partial charge on any atom is -0.423 e. The SMILES string of the molecule is CCC(C)C(C(=O)Oc1ccc(C)cc1)=C(CC(C)C)C1=NC(C)(C(C)CC)C(=O)N1. The second-order valence-electron chi connectivity index (χ2n) is 9.37. The lowest BCUT2D eigenvalue weighted by Crippen LogP contribution is -2.42. The van der Waals surface area contributed by atoms with Gasteiger partial charge < -0.3 is 10.1 Å². The summed E-state index contributed by atoms with van der Waals surface area (Å²) < 4.78 is 5.76. The van der Waals surface area contributed by atoms with E-state index in [9.17, 15) is 9.59 Å². The molecule has 3 unspecified atom stereocenters. The number of esters is 1. The minimum atomic E-state index is -0.826. The van der Waals surface area contributed by atoms with E-state index in [4.69, 9.17) is 9.73 Å². The van der Waals surface area contributed by atoms with E-state index in [2.05, 4.69) is 33.0 Å². The molecule has 0 bridgehead atoms. The van der Waals surface area contributed by atoms with E-state index in [0.29, 0.717) is 23.6 Å². The summed E-state index contributed by atoms with van der Waals surface area (Å²) in [6.07, 6.45) is 2.26. The molecule has 0 radical (unpaired) electrons. The molecular formula is C26H38N2O3. The molecule has 2 rings (SSSR count). The van der Waals surface area contributed by atoms with Gasteiger partial charge >= 0.3 is 5.97 Å². The quantitative estimate of drug-likeness (QED) is 0.316. The largest absolute Gasteiger partial charge is 0.423 e. The van der Waals surface area contributed by atoms with Gasteiger partial charge in [-0.15, -0.1) is 0 Å². The number of aliphatic imine (C=N–C) groups is 1. The summed E-state index contributed by atoms with van der Waals surface area (Å²) >= 11 is 0. The third kappa shape index (κ3) is 5.63. The van der Waals surface area contributed by atoms with Crippen LogP contribution in [0.5, 0.6) is 5.75 Å². The molecule has 0 aromatic heterocycles. The number of amidine groups is 1. The topological polar surface area (TPSA) is 67.8 Å². The predicted molar refractivity (Wildman–Crippen MR) is 126 cm³/mol. The summed E-state index contributed by atoms with van der Waals surface area (Å²) in [7, 11) is 0. The van der Waals surface area contributed by atoms with Crippen molar-refractivity contribution >= 4 is 17.7 Å². The Morgan fingerprint density at radius 3 is 2.23 bits per heavy atom. The number of rotatable bonds is 9. The number of ether oxygens (including phenoxy) is 1. The van der Waals surface area contributed by atoms with Crippen molar-refractivity contribution in [1.82, 2.24) is 5.32 Å². The Hall–Kier alpha value is -2.43. The van der Waals surface area contributed by atoms with Gasteiger partial charge in [-0.05, 0) is 56.6 Å². The van der Waals surface area contributed by atoms with Gasteiger partial charge in [-0.2, -0.15) is 0 Å². The van der Waals surface area contributed by atoms with Gasteiger partial charge in [0.15, 0.2) is 0 Å². The first-order chi connectivity index (χ1) is 14.5. The number of carbonyl (C=O) groups excluding carboxylic acids is 2. The number of aryl methyl sites for hydroxylation is 1. The molecule has 0 saturated carbocycles. The van der Waals surface area contributed by atoms with Gasteiger partial charge in [0, 0.05) is 11.1 Å². The van der Waals surface area contributed by atoms with Gasteiger partial charge in [-0.25, -0.2) is 4.79 Å². The molecule has 1 aromatic rings. The molecule has 1 heterocycles. The van der Waals surface area contributed by atoms with E-state index < -0.39 is 5.54 Å². The molecule has 1 aromatic carbocycles. The zero-order chi connectivity index (χ0) is 23.3. The molecular weight excluding hydrogens is 388 g/mol. The van der Waals surface area contributed by atoms with Crippen molar-refractivity contribution < 1.29 is 14.3 Å². The van der Waals surface area contributed by atoms with Crippen LogP contribution in [0.3, 0.4) is 0 Å². The highest BCUT2D eigenvalue weighted by atomic mass is 16.5. The van der Waals surface area contributed by atoms with Crippen molar-refractivity contribution in [3.63, 3.8) is 0 Å². The van der Waals surface area contributed by atoms with Gasteiger partial charge in [0.25, 0.3) is 5.91 Å². The highest BCUT2D eigenvalue weighted by molar-refractivity contribution is 6.17. The number of nitrogens with one attached hydrogen (secondary N) is 1. The summed E-state index contributed by atoms with van der Waals surface area (Å²) in [5.74, 6) is 0.922. The summed E-state index contributed by atoms with van der Waals surface area (Å²) in [4.78, 5) is 31.1. The van der Waals surface area contributed by atoms with Crippen LogP contribution in [0.4, 0.5) is 0 Å². The maximum Gasteiger partial charge on any atom is 0.340 e. The van der Waals surface area contributed by atoms with Crippen LogP contribution in [0, 0.1) is 24.7 Å². The summed E-state index contributed by atoms with van der Waals surface area (Å²) in [5, 5.41) is 3.00. The van der Waals surface area contributed by atoms with E-state index in [1.54, 1.807) is 12.1 Å². The second-order valence-corrected chi connectivity index (χ2v) is 9.37. The Balaban J connectivity index is 2.57. The number of amides is 1. The van der Waals surface area contributed by atoms with Crippen LogP contribution in [-0.4, -0.2) is 23.3 Å². The predicted octanol–water partition coefficient (Wildman–Crippen LogP) is 5.62. The third-order valence-corrected chi connectivity index (χ3v) is 6.39. The van der Waals surface area contributed by atoms with Crippen LogP contribution in [0.25, 0.3) is 0 Å². The molecule has 0 spiro atoms. The van der Waals surface area contributed by atoms with Gasteiger partial charge in [0.1, 0.15) is 17.1 Å². The lowest BCUT2D eigenvalue weighted by molar-refractivity contribution is -0.130. The average molecular weight is 427 g/mol. The van der Waals surface area contributed by atoms with E-state index in [1.807, 2.05) is 39.8 Å². The van der Waals surface area contributed by atoms with Crippen molar-refractivity contribution in [3.05, 3.63) is 41.0 Å². The maximum atomic E-state index is 13.4. The van der Waals surface area contributed by atoms with Gasteiger partial charge in [-0.3, -0.25) is 9.79 Å². The Morgan fingerprint density at radius 2 is 1.71 bits per heavy atom. The fraction of sp³-hybridized carbons (Fsp3) is 0.577. The summed E-state index contributed by atoms with van der Waals surface area (Å²) in [5.41, 5.74) is 1.67. The van der Waals surface area contributed by atoms with Crippen molar-refractivity contribution in [1.29, 1.82) is 0 Å². The van der Waals surface area contributed by atoms with Gasteiger partial charge in [0.2, 0.25) is 0 Å². The maximum absolute atomic E-state index is 13.4. The number of hydrogen-bond acceptors (Lipinski definition) is 4. The lowest BCUT2D eigenvalue weighted by Gasteiger charge is -2.24. The van der Waals surface area contributed by atoms with Gasteiger partial charge in [0.05, 0.1) is 0 Å². The van der Waals surface area contributed by atoms with Crippen LogP contribution in [0.15, 0.2) is 40.4 Å². The fourth-order valence-electron chi connectivity index (χ4n) is 3.76. The first kappa shape index (κ1) is 24.8. The monoisotopic (exact) mass is 426 g/mol. The lowest BCUT2D eigenvalue weighted by atomic mass is 9.85. The molecule has 170 valence electrons. The molecule has 1 amide bonds. The van der Waals surface area contributed by atoms with E-state index in [-0.39, 0.29) is 29.6 Å². The van der Waals surface area contributed by atoms with E-state index >= 15 is 0 Å². The Morgan fingerprint density at radius 1 is 1.10 bits per heavy atom. The zero-order valence-corrected chi connectivity index (χ0v) is 20.3. The third-order valence-electron chi connectivity index (χ3n) is 6.39. The zero-order valence-electron chi connectivity index (χ0n) is 20.3. The number of nitrogens with zero attached hydrogens (tertiary/aromatic N) is 1. The van der Waals surface area contributed by atoms with Crippen molar-refractivity contribution in [3.8, 4) is 5.75 Å². The normalized spacial score (nSPS) is 21.3. The van der Waals surface area contributed by atoms with E-state index in [0.717, 1.165) is 24.0 Å². The molecule has 1 N–H and O–H groups in total. The van der Waals surface area contributed by atoms with Gasteiger partial charge in [-0.1, -0.05) is 65.7 Å². The molecule has 5 heteroatoms. The standard InChI is InChI=1S/C26H38N2O3/c1-9-18(6)22(24(29)31-20-13-11-17(5)12-14-20)21(15-16(3)4)23-27-25(30)26(8,28-23)19(7)10-2/h11-14,16,18-19H,9-10,15H2,1-8H3,(H,27,28,30). The molecule has 31 heavy (non-hydrogen) atoms. The second kappa shape index (κ2) is 10.3. The summed E-state index contributed by atoms with van der Waals surface area (Å²) in [6.45, 7) is 16.3. The van der Waals surface area contributed by atoms with Crippen LogP contribution in [-0.2, 0) is 9.59 Å². The number of benzene rings is 1. The average Bonchev–Trinajstić information content (AvgIpc) is 3.03. The van der Waals surface area contributed by atoms with Crippen molar-refractivity contribution in [2.75, 3.05) is 0 Å². The molecule has 0 saturated heterocycles. The van der Waals surface area contributed by atoms with Crippen LogP contribution < -0.4 is 10.1 Å². The first-order valence-electron chi connectivity index (χ1n) is 11.5. The molecule has 1 aliphatic heterocycles. The Kier molecular flexibility index (Phi) is 8.21. The molecule has 0 aliphatic carbocycles. The number of carbonyl (C=O) groups is 2. The van der Waals surface area contributed by atoms with Crippen molar-refractivity contribution in [2.24, 2.45) is 22.7 Å². The molecule has 0 fully saturated rings. The fourth-order valence-corrected chi connectivity index (χ4v) is 3.76. The first-order valence-corrected chi connectivity index (χ1v) is 11.5. The van der Waals surface area contributed by atoms with E-state index in [1.165, 1.54) is 0 Å². The van der Waals surface area contributed by atoms with Crippen LogP contribution in [0.2, 0.25) is 0 Å².